The Balaban J connectivity index is 2.35. The van der Waals surface area contributed by atoms with Crippen molar-refractivity contribution in [2.45, 2.75) is 0 Å². The average molecular weight is 277 g/mol. The fourth-order valence-electron chi connectivity index (χ4n) is 1.21. The molecule has 1 aromatic carbocycles. The molecule has 1 heterocycles. The Morgan fingerprint density at radius 1 is 1.38 bits per heavy atom. The summed E-state index contributed by atoms with van der Waals surface area (Å²) in [6.45, 7) is 0. The van der Waals surface area contributed by atoms with Gasteiger partial charge in [0.15, 0.2) is 4.60 Å². The second kappa shape index (κ2) is 4.37. The number of aryl methyl sites for hydroxylation is 1. The summed E-state index contributed by atoms with van der Waals surface area (Å²) < 4.78 is 2.26. The van der Waals surface area contributed by atoms with E-state index in [1.807, 2.05) is 24.3 Å². The summed E-state index contributed by atoms with van der Waals surface area (Å²) in [6, 6.07) is 7.42. The number of nitrogens with two attached hydrogens (primary N) is 1. The number of halogens is 1. The zero-order valence-electron chi connectivity index (χ0n) is 8.61. The Kier molecular flexibility index (Phi) is 2.93. The number of rotatable bonds is 0. The smallest absolute Gasteiger partial charge is 0.164 e. The van der Waals surface area contributed by atoms with Crippen molar-refractivity contribution in [2.75, 3.05) is 5.73 Å². The second-order valence-electron chi connectivity index (χ2n) is 3.23. The molecule has 16 heavy (non-hydrogen) atoms. The fourth-order valence-corrected chi connectivity index (χ4v) is 1.64. The quantitative estimate of drug-likeness (QED) is 0.587. The van der Waals surface area contributed by atoms with Gasteiger partial charge in [-0.25, -0.2) is 4.68 Å². The molecule has 5 heteroatoms. The van der Waals surface area contributed by atoms with E-state index in [-0.39, 0.29) is 0 Å². The molecular weight excluding hydrogens is 268 g/mol. The first-order valence-electron chi connectivity index (χ1n) is 4.59. The highest BCUT2D eigenvalue weighted by Crippen LogP contribution is 2.10. The molecule has 80 valence electrons. The summed E-state index contributed by atoms with van der Waals surface area (Å²) in [5.74, 6) is 6.00. The normalized spacial score (nSPS) is 9.62. The van der Waals surface area contributed by atoms with Crippen molar-refractivity contribution in [1.82, 2.24) is 15.0 Å². The number of benzene rings is 1. The van der Waals surface area contributed by atoms with E-state index >= 15 is 0 Å². The van der Waals surface area contributed by atoms with Gasteiger partial charge in [0.2, 0.25) is 0 Å². The molecule has 0 saturated carbocycles. The lowest BCUT2D eigenvalue weighted by Gasteiger charge is -1.93. The highest BCUT2D eigenvalue weighted by atomic mass is 79.9. The van der Waals surface area contributed by atoms with Gasteiger partial charge in [-0.2, -0.15) is 0 Å². The van der Waals surface area contributed by atoms with Crippen LogP contribution in [0.5, 0.6) is 0 Å². The van der Waals surface area contributed by atoms with E-state index in [0.29, 0.717) is 10.3 Å². The lowest BCUT2D eigenvalue weighted by atomic mass is 10.2. The third kappa shape index (κ3) is 2.23. The molecule has 0 fully saturated rings. The number of hydrogen-bond donors (Lipinski definition) is 1. The van der Waals surface area contributed by atoms with E-state index in [0.717, 1.165) is 11.3 Å². The van der Waals surface area contributed by atoms with Crippen molar-refractivity contribution in [3.63, 3.8) is 0 Å². The lowest BCUT2D eigenvalue weighted by Crippen LogP contribution is -1.94. The number of hydrogen-bond acceptors (Lipinski definition) is 3. The predicted molar refractivity (Wildman–Crippen MR) is 65.5 cm³/mol. The van der Waals surface area contributed by atoms with Crippen LogP contribution >= 0.6 is 15.9 Å². The maximum atomic E-state index is 5.66. The molecule has 2 N–H and O–H groups in total. The van der Waals surface area contributed by atoms with E-state index in [4.69, 9.17) is 5.73 Å². The van der Waals surface area contributed by atoms with Crippen LogP contribution in [-0.4, -0.2) is 15.0 Å². The molecule has 0 aliphatic rings. The first-order valence-corrected chi connectivity index (χ1v) is 5.39. The fraction of sp³-hybridized carbons (Fsp3) is 0.0909. The summed E-state index contributed by atoms with van der Waals surface area (Å²) in [7, 11) is 1.79. The van der Waals surface area contributed by atoms with Crippen LogP contribution in [0.3, 0.4) is 0 Å². The minimum atomic E-state index is 0.645. The third-order valence-electron chi connectivity index (χ3n) is 2.00. The van der Waals surface area contributed by atoms with Gasteiger partial charge in [0.1, 0.15) is 5.69 Å². The van der Waals surface area contributed by atoms with Crippen LogP contribution < -0.4 is 5.73 Å². The van der Waals surface area contributed by atoms with Gasteiger partial charge in [0, 0.05) is 18.3 Å². The van der Waals surface area contributed by atoms with Gasteiger partial charge in [-0.1, -0.05) is 17.2 Å². The third-order valence-corrected chi connectivity index (χ3v) is 2.53. The minimum Gasteiger partial charge on any atom is -0.399 e. The highest BCUT2D eigenvalue weighted by Gasteiger charge is 2.03. The van der Waals surface area contributed by atoms with Gasteiger partial charge in [0.25, 0.3) is 0 Å². The van der Waals surface area contributed by atoms with Gasteiger partial charge >= 0.3 is 0 Å². The maximum Gasteiger partial charge on any atom is 0.164 e. The van der Waals surface area contributed by atoms with Crippen molar-refractivity contribution in [3.8, 4) is 11.8 Å². The summed E-state index contributed by atoms with van der Waals surface area (Å²) in [6.07, 6.45) is 0. The van der Waals surface area contributed by atoms with Crippen LogP contribution in [0.2, 0.25) is 0 Å². The molecule has 0 spiro atoms. The number of nitrogen functional groups attached to an aromatic ring is 1. The Hall–Kier alpha value is -1.80. The van der Waals surface area contributed by atoms with Crippen molar-refractivity contribution in [3.05, 3.63) is 40.1 Å². The molecule has 2 aromatic rings. The van der Waals surface area contributed by atoms with Crippen LogP contribution in [0.1, 0.15) is 11.3 Å². The molecule has 2 rings (SSSR count). The molecule has 0 unspecified atom stereocenters. The first kappa shape index (κ1) is 10.7. The van der Waals surface area contributed by atoms with E-state index in [9.17, 15) is 0 Å². The lowest BCUT2D eigenvalue weighted by molar-refractivity contribution is 0.708. The van der Waals surface area contributed by atoms with Crippen molar-refractivity contribution < 1.29 is 0 Å². The van der Waals surface area contributed by atoms with Gasteiger partial charge in [-0.15, -0.1) is 5.10 Å². The van der Waals surface area contributed by atoms with Gasteiger partial charge in [-0.05, 0) is 40.0 Å². The number of aromatic nitrogens is 3. The van der Waals surface area contributed by atoms with E-state index in [2.05, 4.69) is 38.1 Å². The molecule has 0 amide bonds. The van der Waals surface area contributed by atoms with Crippen molar-refractivity contribution in [2.24, 2.45) is 7.05 Å². The molecule has 0 aliphatic carbocycles. The molecular formula is C11H9BrN4. The largest absolute Gasteiger partial charge is 0.399 e. The predicted octanol–water partition coefficient (Wildman–Crippen LogP) is 1.56. The van der Waals surface area contributed by atoms with Crippen LogP contribution in [0.15, 0.2) is 28.9 Å². The average Bonchev–Trinajstić information content (AvgIpc) is 2.56. The zero-order valence-corrected chi connectivity index (χ0v) is 10.2. The van der Waals surface area contributed by atoms with Gasteiger partial charge in [0.05, 0.1) is 0 Å². The zero-order chi connectivity index (χ0) is 11.5. The maximum absolute atomic E-state index is 5.66. The molecule has 0 saturated heterocycles. The van der Waals surface area contributed by atoms with Crippen molar-refractivity contribution >= 4 is 21.6 Å². The minimum absolute atomic E-state index is 0.645. The Morgan fingerprint density at radius 2 is 2.19 bits per heavy atom. The summed E-state index contributed by atoms with van der Waals surface area (Å²) >= 11 is 3.28. The summed E-state index contributed by atoms with van der Waals surface area (Å²) in [5, 5.41) is 7.69. The topological polar surface area (TPSA) is 56.7 Å². The van der Waals surface area contributed by atoms with E-state index in [1.54, 1.807) is 11.7 Å². The Morgan fingerprint density at radius 3 is 2.81 bits per heavy atom. The monoisotopic (exact) mass is 276 g/mol. The van der Waals surface area contributed by atoms with E-state index in [1.165, 1.54) is 0 Å². The van der Waals surface area contributed by atoms with Gasteiger partial charge < -0.3 is 5.73 Å². The highest BCUT2D eigenvalue weighted by molar-refractivity contribution is 9.10. The SMILES string of the molecule is Cn1nnc(Br)c1C#Cc1cccc(N)c1. The molecule has 0 bridgehead atoms. The number of anilines is 1. The van der Waals surface area contributed by atoms with Crippen LogP contribution in [-0.2, 0) is 7.05 Å². The van der Waals surface area contributed by atoms with Crippen LogP contribution in [0, 0.1) is 11.8 Å². The van der Waals surface area contributed by atoms with Crippen molar-refractivity contribution in [1.29, 1.82) is 0 Å². The first-order chi connectivity index (χ1) is 7.66. The molecule has 1 aromatic heterocycles. The van der Waals surface area contributed by atoms with Gasteiger partial charge in [-0.3, -0.25) is 0 Å². The summed E-state index contributed by atoms with van der Waals surface area (Å²) in [4.78, 5) is 0. The van der Waals surface area contributed by atoms with Crippen LogP contribution in [0.4, 0.5) is 5.69 Å². The summed E-state index contributed by atoms with van der Waals surface area (Å²) in [5.41, 5.74) is 7.97. The number of nitrogens with zero attached hydrogens (tertiary/aromatic N) is 3. The van der Waals surface area contributed by atoms with Crippen LogP contribution in [0.25, 0.3) is 0 Å². The Bertz CT molecular complexity index is 558. The second-order valence-corrected chi connectivity index (χ2v) is 3.98. The standard InChI is InChI=1S/C11H9BrN4/c1-16-10(11(12)14-15-16)6-5-8-3-2-4-9(13)7-8/h2-4,7H,13H2,1H3. The Labute approximate surface area is 102 Å². The van der Waals surface area contributed by atoms with E-state index < -0.39 is 0 Å². The molecule has 0 atom stereocenters. The molecule has 4 nitrogen and oxygen atoms in total. The molecule has 0 radical (unpaired) electrons. The molecule has 0 aliphatic heterocycles.